The van der Waals surface area contributed by atoms with Gasteiger partial charge in [-0.2, -0.15) is 0 Å². The summed E-state index contributed by atoms with van der Waals surface area (Å²) in [7, 11) is 0. The number of primary amides is 1. The molecule has 0 unspecified atom stereocenters. The number of unbranched alkanes of at least 4 members (excludes halogenated alkanes) is 1. The molecular weight excluding hydrogens is 518 g/mol. The number of hydrogen-bond donors (Lipinski definition) is 8. The third-order valence-electron chi connectivity index (χ3n) is 5.87. The third kappa shape index (κ3) is 15.3. The average molecular weight is 562 g/mol. The van der Waals surface area contributed by atoms with Gasteiger partial charge in [-0.3, -0.25) is 19.4 Å². The molecule has 0 heterocycles. The Morgan fingerprint density at radius 3 is 2.10 bits per heavy atom. The summed E-state index contributed by atoms with van der Waals surface area (Å²) in [4.78, 5) is 65.5. The molecular formula is C26H43N9O5. The summed E-state index contributed by atoms with van der Waals surface area (Å²) >= 11 is 0. The number of benzene rings is 1. The number of aldehydes is 1. The number of carbonyl (C=O) groups excluding carboxylic acids is 5. The Labute approximate surface area is 234 Å². The van der Waals surface area contributed by atoms with Crippen LogP contribution in [-0.2, 0) is 25.6 Å². The van der Waals surface area contributed by atoms with E-state index in [-0.39, 0.29) is 37.7 Å². The van der Waals surface area contributed by atoms with E-state index >= 15 is 0 Å². The summed E-state index contributed by atoms with van der Waals surface area (Å²) in [6, 6.07) is 5.60. The summed E-state index contributed by atoms with van der Waals surface area (Å²) < 4.78 is 0. The van der Waals surface area contributed by atoms with E-state index in [2.05, 4.69) is 26.3 Å². The van der Waals surface area contributed by atoms with E-state index < -0.39 is 36.0 Å². The van der Waals surface area contributed by atoms with Crippen LogP contribution in [0.3, 0.4) is 0 Å². The molecule has 0 spiro atoms. The Morgan fingerprint density at radius 2 is 1.48 bits per heavy atom. The predicted molar refractivity (Wildman–Crippen MR) is 152 cm³/mol. The molecule has 5 amide bonds. The summed E-state index contributed by atoms with van der Waals surface area (Å²) in [6.07, 6.45) is 3.44. The van der Waals surface area contributed by atoms with E-state index in [1.807, 2.05) is 6.07 Å². The maximum absolute atomic E-state index is 13.3. The van der Waals surface area contributed by atoms with Crippen molar-refractivity contribution >= 4 is 36.0 Å². The number of nitrogens with two attached hydrogens (primary N) is 4. The molecule has 1 aromatic carbocycles. The minimum absolute atomic E-state index is 0.0609. The van der Waals surface area contributed by atoms with Gasteiger partial charge < -0.3 is 49.0 Å². The maximum atomic E-state index is 13.3. The van der Waals surface area contributed by atoms with Crippen molar-refractivity contribution in [2.45, 2.75) is 69.5 Å². The zero-order valence-corrected chi connectivity index (χ0v) is 22.8. The second-order valence-corrected chi connectivity index (χ2v) is 9.26. The zero-order valence-electron chi connectivity index (χ0n) is 22.8. The molecule has 40 heavy (non-hydrogen) atoms. The van der Waals surface area contributed by atoms with Gasteiger partial charge in [-0.25, -0.2) is 4.79 Å². The van der Waals surface area contributed by atoms with Crippen LogP contribution in [0.25, 0.3) is 0 Å². The first-order chi connectivity index (χ1) is 19.2. The summed E-state index contributed by atoms with van der Waals surface area (Å²) in [5.41, 5.74) is 22.1. The number of aliphatic imine (C=N–C) groups is 1. The Balaban J connectivity index is 2.91. The lowest BCUT2D eigenvalue weighted by Crippen LogP contribution is -2.55. The quantitative estimate of drug-likeness (QED) is 0.0402. The van der Waals surface area contributed by atoms with Crippen LogP contribution in [0.15, 0.2) is 35.3 Å². The Bertz CT molecular complexity index is 971. The number of amides is 5. The standard InChI is InChI=1S/C26H43N9O5/c27-13-5-4-11-21(23(38)33-19(17-36)10-6-14-31-25(28)29)35-24(39)20(12-7-15-32-26(30)40)34-22(37)16-18-8-2-1-3-9-18/h1-3,8-9,17,19-21H,4-7,10-16,27H2,(H,33,38)(H,34,37)(H,35,39)(H4,28,29,31)(H3,30,32,40)/t19-,20-,21-/m0/s1. The van der Waals surface area contributed by atoms with E-state index in [0.29, 0.717) is 51.5 Å². The molecule has 3 atom stereocenters. The van der Waals surface area contributed by atoms with Gasteiger partial charge in [0.2, 0.25) is 17.7 Å². The smallest absolute Gasteiger partial charge is 0.312 e. The van der Waals surface area contributed by atoms with E-state index in [9.17, 15) is 24.0 Å². The Hall–Kier alpha value is -4.20. The fourth-order valence-electron chi connectivity index (χ4n) is 3.82. The average Bonchev–Trinajstić information content (AvgIpc) is 2.91. The largest absolute Gasteiger partial charge is 0.370 e. The molecule has 0 aromatic heterocycles. The van der Waals surface area contributed by atoms with Gasteiger partial charge in [-0.1, -0.05) is 30.3 Å². The van der Waals surface area contributed by atoms with E-state index in [1.54, 1.807) is 24.3 Å². The predicted octanol–water partition coefficient (Wildman–Crippen LogP) is -1.49. The van der Waals surface area contributed by atoms with Crippen molar-refractivity contribution in [2.75, 3.05) is 19.6 Å². The number of carbonyl (C=O) groups is 5. The lowest BCUT2D eigenvalue weighted by Gasteiger charge is -2.24. The van der Waals surface area contributed by atoms with Crippen LogP contribution in [0.5, 0.6) is 0 Å². The topological polar surface area (TPSA) is 250 Å². The van der Waals surface area contributed by atoms with E-state index in [0.717, 1.165) is 5.56 Å². The summed E-state index contributed by atoms with van der Waals surface area (Å²) in [5.74, 6) is -1.54. The van der Waals surface area contributed by atoms with Crippen molar-refractivity contribution in [2.24, 2.45) is 27.9 Å². The second-order valence-electron chi connectivity index (χ2n) is 9.26. The lowest BCUT2D eigenvalue weighted by atomic mass is 10.0. The lowest BCUT2D eigenvalue weighted by molar-refractivity contribution is -0.132. The van der Waals surface area contributed by atoms with Crippen LogP contribution < -0.4 is 44.2 Å². The number of guanidine groups is 1. The second kappa shape index (κ2) is 19.8. The monoisotopic (exact) mass is 561 g/mol. The molecule has 0 aliphatic rings. The van der Waals surface area contributed by atoms with Crippen molar-refractivity contribution in [3.63, 3.8) is 0 Å². The van der Waals surface area contributed by atoms with Gasteiger partial charge in [0.05, 0.1) is 12.5 Å². The normalized spacial score (nSPS) is 12.7. The van der Waals surface area contributed by atoms with Gasteiger partial charge >= 0.3 is 6.03 Å². The first-order valence-corrected chi connectivity index (χ1v) is 13.3. The van der Waals surface area contributed by atoms with Crippen LogP contribution in [0, 0.1) is 0 Å². The molecule has 14 heteroatoms. The molecule has 0 saturated carbocycles. The highest BCUT2D eigenvalue weighted by molar-refractivity contribution is 5.93. The van der Waals surface area contributed by atoms with Crippen LogP contribution >= 0.6 is 0 Å². The molecule has 1 rings (SSSR count). The highest BCUT2D eigenvalue weighted by atomic mass is 16.2. The molecule has 0 saturated heterocycles. The number of urea groups is 1. The number of rotatable bonds is 20. The van der Waals surface area contributed by atoms with Crippen LogP contribution in [0.2, 0.25) is 0 Å². The SMILES string of the molecule is NCCCC[C@H](NC(=O)[C@H](CCCNC(N)=O)NC(=O)Cc1ccccc1)C(=O)N[C@H](C=O)CCCN=C(N)N. The molecule has 1 aromatic rings. The molecule has 0 aliphatic heterocycles. The van der Waals surface area contributed by atoms with Crippen molar-refractivity contribution < 1.29 is 24.0 Å². The number of nitrogens with one attached hydrogen (secondary N) is 4. The summed E-state index contributed by atoms with van der Waals surface area (Å²) in [6.45, 7) is 0.915. The Kier molecular flexibility index (Phi) is 16.8. The van der Waals surface area contributed by atoms with Crippen LogP contribution in [0.1, 0.15) is 50.5 Å². The van der Waals surface area contributed by atoms with Gasteiger partial charge in [0, 0.05) is 13.1 Å². The molecule has 0 aliphatic carbocycles. The first kappa shape index (κ1) is 33.8. The Morgan fingerprint density at radius 1 is 0.825 bits per heavy atom. The van der Waals surface area contributed by atoms with Crippen LogP contribution in [-0.4, -0.2) is 73.8 Å². The number of nitrogens with zero attached hydrogens (tertiary/aromatic N) is 1. The molecule has 14 nitrogen and oxygen atoms in total. The van der Waals surface area contributed by atoms with Crippen molar-refractivity contribution in [3.05, 3.63) is 35.9 Å². The molecule has 0 fully saturated rings. The minimum atomic E-state index is -0.975. The van der Waals surface area contributed by atoms with E-state index in [1.165, 1.54) is 0 Å². The van der Waals surface area contributed by atoms with Gasteiger partial charge in [0.15, 0.2) is 5.96 Å². The highest BCUT2D eigenvalue weighted by Gasteiger charge is 2.27. The maximum Gasteiger partial charge on any atom is 0.312 e. The van der Waals surface area contributed by atoms with Crippen molar-refractivity contribution in [1.29, 1.82) is 0 Å². The van der Waals surface area contributed by atoms with E-state index in [4.69, 9.17) is 22.9 Å². The zero-order chi connectivity index (χ0) is 29.8. The summed E-state index contributed by atoms with van der Waals surface area (Å²) in [5, 5.41) is 10.5. The van der Waals surface area contributed by atoms with Crippen molar-refractivity contribution in [1.82, 2.24) is 21.3 Å². The number of hydrogen-bond acceptors (Lipinski definition) is 7. The third-order valence-corrected chi connectivity index (χ3v) is 5.87. The fraction of sp³-hybridized carbons (Fsp3) is 0.538. The van der Waals surface area contributed by atoms with Gasteiger partial charge in [-0.15, -0.1) is 0 Å². The first-order valence-electron chi connectivity index (χ1n) is 13.3. The van der Waals surface area contributed by atoms with Crippen LogP contribution in [0.4, 0.5) is 4.79 Å². The van der Waals surface area contributed by atoms with Crippen molar-refractivity contribution in [3.8, 4) is 0 Å². The minimum Gasteiger partial charge on any atom is -0.370 e. The van der Waals surface area contributed by atoms with Gasteiger partial charge in [0.1, 0.15) is 18.4 Å². The van der Waals surface area contributed by atoms with Gasteiger partial charge in [0.25, 0.3) is 0 Å². The molecule has 222 valence electrons. The molecule has 0 radical (unpaired) electrons. The fourth-order valence-corrected chi connectivity index (χ4v) is 3.82. The molecule has 12 N–H and O–H groups in total. The van der Waals surface area contributed by atoms with Gasteiger partial charge in [-0.05, 0) is 57.1 Å². The molecule has 0 bridgehead atoms. The highest BCUT2D eigenvalue weighted by Crippen LogP contribution is 2.07.